The molecule has 0 amide bonds. The molecule has 0 spiro atoms. The zero-order valence-corrected chi connectivity index (χ0v) is 13.4. The maximum absolute atomic E-state index is 12.7. The number of nitrogens with one attached hydrogen (secondary N) is 1. The van der Waals surface area contributed by atoms with Gasteiger partial charge in [-0.15, -0.1) is 0 Å². The fraction of sp³-hybridized carbons (Fsp3) is 0.368. The van der Waals surface area contributed by atoms with Gasteiger partial charge in [-0.1, -0.05) is 36.4 Å². The van der Waals surface area contributed by atoms with Gasteiger partial charge in [0.1, 0.15) is 0 Å². The lowest BCUT2D eigenvalue weighted by Gasteiger charge is -2.19. The van der Waals surface area contributed by atoms with Crippen molar-refractivity contribution in [3.63, 3.8) is 0 Å². The summed E-state index contributed by atoms with van der Waals surface area (Å²) in [5.74, 6) is 0. The van der Waals surface area contributed by atoms with Crippen LogP contribution in [0.1, 0.15) is 17.5 Å². The van der Waals surface area contributed by atoms with Crippen molar-refractivity contribution in [3.05, 3.63) is 65.7 Å². The second kappa shape index (κ2) is 7.26. The molecule has 1 saturated heterocycles. The Morgan fingerprint density at radius 2 is 1.83 bits per heavy atom. The molecule has 0 radical (unpaired) electrons. The fourth-order valence-corrected chi connectivity index (χ4v) is 3.12. The molecule has 2 aromatic rings. The van der Waals surface area contributed by atoms with Gasteiger partial charge in [0, 0.05) is 24.8 Å². The molecular formula is C19H21F3N2. The number of halogens is 3. The van der Waals surface area contributed by atoms with E-state index in [0.717, 1.165) is 31.1 Å². The van der Waals surface area contributed by atoms with Gasteiger partial charge in [0.05, 0.1) is 5.56 Å². The average molecular weight is 334 g/mol. The van der Waals surface area contributed by atoms with E-state index in [9.17, 15) is 13.2 Å². The molecule has 0 saturated carbocycles. The molecule has 24 heavy (non-hydrogen) atoms. The Morgan fingerprint density at radius 3 is 2.58 bits per heavy atom. The second-order valence-corrected chi connectivity index (χ2v) is 6.17. The quantitative estimate of drug-likeness (QED) is 0.885. The summed E-state index contributed by atoms with van der Waals surface area (Å²) in [7, 11) is 0. The molecule has 1 unspecified atom stereocenters. The van der Waals surface area contributed by atoms with Crippen LogP contribution in [0.4, 0.5) is 18.9 Å². The van der Waals surface area contributed by atoms with E-state index in [1.54, 1.807) is 6.07 Å². The number of nitrogens with zero attached hydrogens (tertiary/aromatic N) is 1. The molecule has 0 aromatic heterocycles. The summed E-state index contributed by atoms with van der Waals surface area (Å²) in [6.07, 6.45) is -2.62. The van der Waals surface area contributed by atoms with Crippen LogP contribution in [0.15, 0.2) is 54.6 Å². The molecule has 1 atom stereocenters. The first-order valence-corrected chi connectivity index (χ1v) is 8.22. The first-order chi connectivity index (χ1) is 11.5. The lowest BCUT2D eigenvalue weighted by atomic mass is 10.1. The average Bonchev–Trinajstić information content (AvgIpc) is 3.04. The van der Waals surface area contributed by atoms with E-state index < -0.39 is 11.7 Å². The summed E-state index contributed by atoms with van der Waals surface area (Å²) < 4.78 is 38.2. The van der Waals surface area contributed by atoms with Crippen LogP contribution in [0.5, 0.6) is 0 Å². The number of alkyl halides is 3. The van der Waals surface area contributed by atoms with E-state index in [-0.39, 0.29) is 0 Å². The lowest BCUT2D eigenvalue weighted by molar-refractivity contribution is -0.137. The van der Waals surface area contributed by atoms with Crippen LogP contribution in [0.3, 0.4) is 0 Å². The highest BCUT2D eigenvalue weighted by molar-refractivity contribution is 5.47. The third kappa shape index (κ3) is 4.29. The number of rotatable bonds is 5. The molecule has 0 bridgehead atoms. The molecule has 0 aliphatic carbocycles. The first kappa shape index (κ1) is 16.8. The molecular weight excluding hydrogens is 313 g/mol. The van der Waals surface area contributed by atoms with E-state index in [0.29, 0.717) is 19.0 Å². The van der Waals surface area contributed by atoms with Crippen molar-refractivity contribution in [2.75, 3.05) is 24.5 Å². The topological polar surface area (TPSA) is 15.3 Å². The van der Waals surface area contributed by atoms with Gasteiger partial charge < -0.3 is 10.2 Å². The Labute approximate surface area is 140 Å². The van der Waals surface area contributed by atoms with Crippen molar-refractivity contribution < 1.29 is 13.2 Å². The van der Waals surface area contributed by atoms with E-state index in [1.165, 1.54) is 17.8 Å². The Hall–Kier alpha value is -2.01. The molecule has 1 aliphatic heterocycles. The minimum absolute atomic E-state index is 0.385. The van der Waals surface area contributed by atoms with Gasteiger partial charge in [-0.25, -0.2) is 0 Å². The molecule has 128 valence electrons. The molecule has 2 aromatic carbocycles. The van der Waals surface area contributed by atoms with E-state index in [2.05, 4.69) is 22.3 Å². The largest absolute Gasteiger partial charge is 0.416 e. The molecule has 1 N–H and O–H groups in total. The van der Waals surface area contributed by atoms with Gasteiger partial charge in [0.2, 0.25) is 0 Å². The van der Waals surface area contributed by atoms with Crippen LogP contribution < -0.4 is 10.2 Å². The van der Waals surface area contributed by atoms with Crippen molar-refractivity contribution in [1.29, 1.82) is 0 Å². The normalized spacial score (nSPS) is 18.1. The standard InChI is InChI=1S/C19H21F3N2/c20-19(21,22)16-6-4-5-15(13-16)9-11-23-17-10-12-24(14-17)18-7-2-1-3-8-18/h1-8,13,17,23H,9-12,14H2. The third-order valence-corrected chi connectivity index (χ3v) is 4.41. The van der Waals surface area contributed by atoms with Crippen molar-refractivity contribution in [2.24, 2.45) is 0 Å². The number of para-hydroxylation sites is 1. The van der Waals surface area contributed by atoms with Gasteiger partial charge in [0.15, 0.2) is 0 Å². The predicted octanol–water partition coefficient (Wildman–Crippen LogP) is 4.12. The highest BCUT2D eigenvalue weighted by Gasteiger charge is 2.30. The zero-order valence-electron chi connectivity index (χ0n) is 13.4. The zero-order chi connectivity index (χ0) is 17.0. The molecule has 1 fully saturated rings. The van der Waals surface area contributed by atoms with E-state index >= 15 is 0 Å². The van der Waals surface area contributed by atoms with E-state index in [4.69, 9.17) is 0 Å². The summed E-state index contributed by atoms with van der Waals surface area (Å²) in [5.41, 5.74) is 1.37. The molecule has 5 heteroatoms. The van der Waals surface area contributed by atoms with Crippen LogP contribution >= 0.6 is 0 Å². The number of hydrogen-bond donors (Lipinski definition) is 1. The van der Waals surface area contributed by atoms with Crippen LogP contribution in [0, 0.1) is 0 Å². The van der Waals surface area contributed by atoms with Crippen LogP contribution in [-0.2, 0) is 12.6 Å². The Bertz CT molecular complexity index is 655. The minimum atomic E-state index is -4.27. The smallest absolute Gasteiger partial charge is 0.370 e. The summed E-state index contributed by atoms with van der Waals surface area (Å²) in [4.78, 5) is 2.34. The Balaban J connectivity index is 1.48. The minimum Gasteiger partial charge on any atom is -0.370 e. The van der Waals surface area contributed by atoms with Crippen molar-refractivity contribution >= 4 is 5.69 Å². The Morgan fingerprint density at radius 1 is 1.04 bits per heavy atom. The van der Waals surface area contributed by atoms with Crippen molar-refractivity contribution in [3.8, 4) is 0 Å². The van der Waals surface area contributed by atoms with Gasteiger partial charge in [-0.05, 0) is 43.1 Å². The van der Waals surface area contributed by atoms with Crippen LogP contribution in [0.25, 0.3) is 0 Å². The van der Waals surface area contributed by atoms with Gasteiger partial charge in [-0.2, -0.15) is 13.2 Å². The molecule has 1 heterocycles. The summed E-state index contributed by atoms with van der Waals surface area (Å²) >= 11 is 0. The third-order valence-electron chi connectivity index (χ3n) is 4.41. The van der Waals surface area contributed by atoms with E-state index in [1.807, 2.05) is 18.2 Å². The summed E-state index contributed by atoms with van der Waals surface area (Å²) in [5, 5.41) is 3.47. The Kier molecular flexibility index (Phi) is 5.09. The predicted molar refractivity (Wildman–Crippen MR) is 90.2 cm³/mol. The SMILES string of the molecule is FC(F)(F)c1cccc(CCNC2CCN(c3ccccc3)C2)c1. The number of anilines is 1. The number of benzene rings is 2. The number of hydrogen-bond acceptors (Lipinski definition) is 2. The molecule has 2 nitrogen and oxygen atoms in total. The second-order valence-electron chi connectivity index (χ2n) is 6.17. The van der Waals surface area contributed by atoms with Crippen molar-refractivity contribution in [1.82, 2.24) is 5.32 Å². The molecule has 1 aliphatic rings. The van der Waals surface area contributed by atoms with Crippen LogP contribution in [-0.4, -0.2) is 25.7 Å². The highest BCUT2D eigenvalue weighted by atomic mass is 19.4. The summed E-state index contributed by atoms with van der Waals surface area (Å²) in [6, 6.07) is 16.2. The maximum Gasteiger partial charge on any atom is 0.416 e. The summed E-state index contributed by atoms with van der Waals surface area (Å²) in [6.45, 7) is 2.63. The molecule has 3 rings (SSSR count). The van der Waals surface area contributed by atoms with Gasteiger partial charge in [0.25, 0.3) is 0 Å². The maximum atomic E-state index is 12.7. The fourth-order valence-electron chi connectivity index (χ4n) is 3.12. The monoisotopic (exact) mass is 334 g/mol. The van der Waals surface area contributed by atoms with Crippen molar-refractivity contribution in [2.45, 2.75) is 25.1 Å². The van der Waals surface area contributed by atoms with Gasteiger partial charge in [-0.3, -0.25) is 0 Å². The first-order valence-electron chi connectivity index (χ1n) is 8.22. The van der Waals surface area contributed by atoms with Gasteiger partial charge >= 0.3 is 6.18 Å². The lowest BCUT2D eigenvalue weighted by Crippen LogP contribution is -2.33. The van der Waals surface area contributed by atoms with Crippen LogP contribution in [0.2, 0.25) is 0 Å². The highest BCUT2D eigenvalue weighted by Crippen LogP contribution is 2.29.